The quantitative estimate of drug-likeness (QED) is 0.375. The van der Waals surface area contributed by atoms with Crippen LogP contribution in [0.3, 0.4) is 0 Å². The molecule has 0 aliphatic heterocycles. The van der Waals surface area contributed by atoms with Crippen LogP contribution in [0.15, 0.2) is 23.2 Å². The Kier molecular flexibility index (Phi) is 5.83. The van der Waals surface area contributed by atoms with Crippen molar-refractivity contribution >= 4 is 17.9 Å². The molecule has 0 aliphatic carbocycles. The molecule has 0 fully saturated rings. The van der Waals surface area contributed by atoms with E-state index in [2.05, 4.69) is 9.73 Å². The highest BCUT2D eigenvalue weighted by Gasteiger charge is 2.19. The smallest absolute Gasteiger partial charge is 0.330 e. The third-order valence-corrected chi connectivity index (χ3v) is 2.78. The van der Waals surface area contributed by atoms with Crippen molar-refractivity contribution in [1.82, 2.24) is 0 Å². The lowest BCUT2D eigenvalue weighted by Gasteiger charge is -2.12. The lowest BCUT2D eigenvalue weighted by molar-refractivity contribution is -0.384. The number of nitrogens with zero attached hydrogens (tertiary/aromatic N) is 2. The number of methoxy groups -OCH3 is 1. The van der Waals surface area contributed by atoms with Gasteiger partial charge in [0.15, 0.2) is 0 Å². The predicted octanol–water partition coefficient (Wildman–Crippen LogP) is 2.31. The zero-order valence-electron chi connectivity index (χ0n) is 12.1. The predicted molar refractivity (Wildman–Crippen MR) is 77.6 cm³/mol. The number of phenolic OH excluding ortho intramolecular Hbond substituents is 1. The molecule has 114 valence electrons. The van der Waals surface area contributed by atoms with Crippen LogP contribution < -0.4 is 0 Å². The number of ether oxygens (including phenoxy) is 1. The largest absolute Gasteiger partial charge is 0.507 e. The van der Waals surface area contributed by atoms with E-state index in [4.69, 9.17) is 0 Å². The molecule has 1 rings (SSSR count). The summed E-state index contributed by atoms with van der Waals surface area (Å²) in [5, 5.41) is 20.4. The number of non-ortho nitro benzene ring substituents is 1. The van der Waals surface area contributed by atoms with E-state index in [0.717, 1.165) is 0 Å². The van der Waals surface area contributed by atoms with Crippen LogP contribution in [-0.2, 0) is 9.53 Å². The van der Waals surface area contributed by atoms with Gasteiger partial charge in [0.25, 0.3) is 5.69 Å². The van der Waals surface area contributed by atoms with Crippen molar-refractivity contribution in [2.75, 3.05) is 7.11 Å². The van der Waals surface area contributed by atoms with E-state index in [1.165, 1.54) is 31.5 Å². The molecule has 0 saturated heterocycles. The minimum Gasteiger partial charge on any atom is -0.507 e. The van der Waals surface area contributed by atoms with E-state index in [1.807, 2.05) is 13.8 Å². The van der Waals surface area contributed by atoms with Crippen LogP contribution in [0.4, 0.5) is 5.69 Å². The first-order chi connectivity index (χ1) is 9.85. The molecule has 1 aromatic carbocycles. The maximum atomic E-state index is 11.6. The number of aliphatic imine (C=N–C) groups is 1. The fraction of sp³-hybridized carbons (Fsp3) is 0.429. The fourth-order valence-corrected chi connectivity index (χ4v) is 1.73. The topological polar surface area (TPSA) is 102 Å². The summed E-state index contributed by atoms with van der Waals surface area (Å²) in [7, 11) is 1.27. The number of nitro groups is 1. The van der Waals surface area contributed by atoms with Gasteiger partial charge in [-0.15, -0.1) is 0 Å². The number of rotatable bonds is 6. The van der Waals surface area contributed by atoms with Gasteiger partial charge in [0.2, 0.25) is 0 Å². The van der Waals surface area contributed by atoms with Crippen LogP contribution >= 0.6 is 0 Å². The van der Waals surface area contributed by atoms with Crippen LogP contribution in [0, 0.1) is 16.0 Å². The molecule has 0 bridgehead atoms. The van der Waals surface area contributed by atoms with Gasteiger partial charge in [0.1, 0.15) is 11.8 Å². The molecule has 0 saturated carbocycles. The minimum absolute atomic E-state index is 0.141. The molecule has 0 amide bonds. The summed E-state index contributed by atoms with van der Waals surface area (Å²) in [4.78, 5) is 25.8. The third-order valence-electron chi connectivity index (χ3n) is 2.78. The fourth-order valence-electron chi connectivity index (χ4n) is 1.73. The average molecular weight is 294 g/mol. The standard InChI is InChI=1S/C14H18N2O5/c1-9(2)6-12(14(18)21-3)15-8-10-7-11(16(19)20)4-5-13(10)17/h4-5,7-9,12,17H,6H2,1-3H3/t12-/m0/s1. The Morgan fingerprint density at radius 2 is 2.19 bits per heavy atom. The van der Waals surface area contributed by atoms with Crippen LogP contribution in [-0.4, -0.2) is 35.4 Å². The van der Waals surface area contributed by atoms with Crippen molar-refractivity contribution in [3.05, 3.63) is 33.9 Å². The maximum absolute atomic E-state index is 11.6. The van der Waals surface area contributed by atoms with Crippen LogP contribution in [0.25, 0.3) is 0 Å². The molecule has 0 aromatic heterocycles. The van der Waals surface area contributed by atoms with Gasteiger partial charge in [-0.1, -0.05) is 13.8 Å². The van der Waals surface area contributed by atoms with Gasteiger partial charge >= 0.3 is 5.97 Å². The Balaban J connectivity index is 3.02. The Morgan fingerprint density at radius 3 is 2.71 bits per heavy atom. The molecule has 0 radical (unpaired) electrons. The molecule has 0 heterocycles. The molecule has 1 atom stereocenters. The molecule has 7 heteroatoms. The molecular formula is C14H18N2O5. The van der Waals surface area contributed by atoms with E-state index < -0.39 is 16.9 Å². The summed E-state index contributed by atoms with van der Waals surface area (Å²) in [6.07, 6.45) is 1.74. The van der Waals surface area contributed by atoms with Crippen molar-refractivity contribution in [3.63, 3.8) is 0 Å². The van der Waals surface area contributed by atoms with Crippen molar-refractivity contribution in [3.8, 4) is 5.75 Å². The molecule has 21 heavy (non-hydrogen) atoms. The third kappa shape index (κ3) is 4.87. The van der Waals surface area contributed by atoms with Gasteiger partial charge in [-0.2, -0.15) is 0 Å². The molecule has 1 aromatic rings. The molecule has 0 unspecified atom stereocenters. The van der Waals surface area contributed by atoms with Crippen molar-refractivity contribution in [2.45, 2.75) is 26.3 Å². The Morgan fingerprint density at radius 1 is 1.52 bits per heavy atom. The van der Waals surface area contributed by atoms with Crippen molar-refractivity contribution < 1.29 is 19.6 Å². The van der Waals surface area contributed by atoms with E-state index in [-0.39, 0.29) is 22.9 Å². The number of hydrogen-bond acceptors (Lipinski definition) is 6. The van der Waals surface area contributed by atoms with E-state index in [0.29, 0.717) is 6.42 Å². The van der Waals surface area contributed by atoms with Gasteiger partial charge in [-0.3, -0.25) is 15.1 Å². The van der Waals surface area contributed by atoms with Crippen molar-refractivity contribution in [1.29, 1.82) is 0 Å². The SMILES string of the molecule is COC(=O)[C@H](CC(C)C)N=Cc1cc([N+](=O)[O-])ccc1O. The summed E-state index contributed by atoms with van der Waals surface area (Å²) in [6, 6.07) is 2.91. The summed E-state index contributed by atoms with van der Waals surface area (Å²) in [6.45, 7) is 3.88. The molecular weight excluding hydrogens is 276 g/mol. The van der Waals surface area contributed by atoms with E-state index in [1.54, 1.807) is 0 Å². The highest BCUT2D eigenvalue weighted by molar-refractivity contribution is 5.87. The second-order valence-corrected chi connectivity index (χ2v) is 4.95. The lowest BCUT2D eigenvalue weighted by Crippen LogP contribution is -2.22. The highest BCUT2D eigenvalue weighted by Crippen LogP contribution is 2.21. The van der Waals surface area contributed by atoms with Crippen LogP contribution in [0.5, 0.6) is 5.75 Å². The minimum atomic E-state index is -0.700. The summed E-state index contributed by atoms with van der Waals surface area (Å²) < 4.78 is 4.67. The average Bonchev–Trinajstić information content (AvgIpc) is 2.43. The van der Waals surface area contributed by atoms with Gasteiger partial charge in [0.05, 0.1) is 12.0 Å². The first-order valence-corrected chi connectivity index (χ1v) is 6.43. The molecule has 0 aliphatic rings. The number of benzene rings is 1. The van der Waals surface area contributed by atoms with E-state index >= 15 is 0 Å². The molecule has 1 N–H and O–H groups in total. The first-order valence-electron chi connectivity index (χ1n) is 6.43. The van der Waals surface area contributed by atoms with Gasteiger partial charge in [0, 0.05) is 23.9 Å². The molecule has 7 nitrogen and oxygen atoms in total. The normalized spacial score (nSPS) is 12.6. The van der Waals surface area contributed by atoms with Gasteiger partial charge in [-0.25, -0.2) is 4.79 Å². The zero-order chi connectivity index (χ0) is 16.0. The van der Waals surface area contributed by atoms with Gasteiger partial charge < -0.3 is 9.84 Å². The number of carbonyl (C=O) groups is 1. The summed E-state index contributed by atoms with van der Waals surface area (Å²) >= 11 is 0. The van der Waals surface area contributed by atoms with Crippen molar-refractivity contribution in [2.24, 2.45) is 10.9 Å². The van der Waals surface area contributed by atoms with Gasteiger partial charge in [-0.05, 0) is 18.4 Å². The van der Waals surface area contributed by atoms with Crippen LogP contribution in [0.2, 0.25) is 0 Å². The Bertz CT molecular complexity index is 554. The van der Waals surface area contributed by atoms with E-state index in [9.17, 15) is 20.0 Å². The summed E-state index contributed by atoms with van der Waals surface area (Å²) in [5.74, 6) is -0.396. The maximum Gasteiger partial charge on any atom is 0.330 e. The Hall–Kier alpha value is -2.44. The lowest BCUT2D eigenvalue weighted by atomic mass is 10.0. The Labute approximate surface area is 122 Å². The zero-order valence-corrected chi connectivity index (χ0v) is 12.1. The summed E-state index contributed by atoms with van der Waals surface area (Å²) in [5.41, 5.74) is 0.0228. The monoisotopic (exact) mass is 294 g/mol. The number of phenols is 1. The number of nitro benzene ring substituents is 1. The number of aromatic hydroxyl groups is 1. The molecule has 0 spiro atoms. The first kappa shape index (κ1) is 16.6. The number of hydrogen-bond donors (Lipinski definition) is 1. The second kappa shape index (κ2) is 7.37. The highest BCUT2D eigenvalue weighted by atomic mass is 16.6. The number of carbonyl (C=O) groups excluding carboxylic acids is 1. The second-order valence-electron chi connectivity index (χ2n) is 4.95. The van der Waals surface area contributed by atoms with Crippen LogP contribution in [0.1, 0.15) is 25.8 Å². The number of esters is 1.